The molecule has 1 N–H and O–H groups in total. The Labute approximate surface area is 103 Å². The van der Waals surface area contributed by atoms with Crippen LogP contribution in [0.15, 0.2) is 36.1 Å². The Morgan fingerprint density at radius 2 is 2.24 bits per heavy atom. The highest BCUT2D eigenvalue weighted by atomic mass is 16.1. The number of rotatable bonds is 2. The second kappa shape index (κ2) is 5.85. The molecule has 2 nitrogen and oxygen atoms in total. The molecule has 92 valence electrons. The van der Waals surface area contributed by atoms with Crippen LogP contribution in [0.3, 0.4) is 0 Å². The quantitative estimate of drug-likeness (QED) is 0.740. The lowest BCUT2D eigenvalue weighted by Gasteiger charge is -2.30. The summed E-state index contributed by atoms with van der Waals surface area (Å²) in [5.74, 6) is 0.873. The zero-order chi connectivity index (χ0) is 12.1. The fraction of sp³-hybridized carbons (Fsp3) is 0.533. The molecule has 0 saturated heterocycles. The minimum atomic E-state index is 0.126. The van der Waals surface area contributed by atoms with Crippen LogP contribution in [0, 0.1) is 17.8 Å². The van der Waals surface area contributed by atoms with Crippen molar-refractivity contribution in [2.24, 2.45) is 17.8 Å². The van der Waals surface area contributed by atoms with Crippen LogP contribution in [-0.4, -0.2) is 12.8 Å². The number of carbonyl (C=O) groups is 1. The summed E-state index contributed by atoms with van der Waals surface area (Å²) >= 11 is 0. The van der Waals surface area contributed by atoms with E-state index in [0.717, 1.165) is 32.1 Å². The average Bonchev–Trinajstić information content (AvgIpc) is 2.35. The molecule has 0 aromatic carbocycles. The molecule has 0 saturated carbocycles. The van der Waals surface area contributed by atoms with Gasteiger partial charge in [-0.2, -0.15) is 0 Å². The first-order valence-corrected chi connectivity index (χ1v) is 6.53. The lowest BCUT2D eigenvalue weighted by atomic mass is 9.76. The van der Waals surface area contributed by atoms with Gasteiger partial charge in [0.05, 0.1) is 0 Å². The van der Waals surface area contributed by atoms with E-state index < -0.39 is 0 Å². The molecule has 0 radical (unpaired) electrons. The zero-order valence-electron chi connectivity index (χ0n) is 10.4. The maximum atomic E-state index is 11.4. The van der Waals surface area contributed by atoms with Crippen molar-refractivity contribution in [3.8, 4) is 0 Å². The van der Waals surface area contributed by atoms with Crippen molar-refractivity contribution in [2.45, 2.75) is 26.2 Å². The van der Waals surface area contributed by atoms with Crippen molar-refractivity contribution < 1.29 is 4.79 Å². The number of nitrogens with one attached hydrogen (secondary N) is 1. The standard InChI is InChI=1S/C15H21NO/c1-12-6-5-9-16-10-14(15(12)11-17)13-7-3-2-4-8-13/h3,5,7-9,11-12,14-16H,2,4,6,10H2,1H3. The van der Waals surface area contributed by atoms with Crippen molar-refractivity contribution >= 4 is 6.29 Å². The molecule has 0 aromatic rings. The van der Waals surface area contributed by atoms with Crippen molar-refractivity contribution in [1.82, 2.24) is 5.32 Å². The highest BCUT2D eigenvalue weighted by Crippen LogP contribution is 2.31. The van der Waals surface area contributed by atoms with E-state index in [1.165, 1.54) is 5.57 Å². The molecule has 0 amide bonds. The van der Waals surface area contributed by atoms with Crippen LogP contribution in [0.4, 0.5) is 0 Å². The normalized spacial score (nSPS) is 33.2. The van der Waals surface area contributed by atoms with Crippen LogP contribution in [0.25, 0.3) is 0 Å². The van der Waals surface area contributed by atoms with Gasteiger partial charge in [-0.15, -0.1) is 0 Å². The van der Waals surface area contributed by atoms with Crippen LogP contribution in [-0.2, 0) is 4.79 Å². The molecule has 1 heterocycles. The molecule has 2 heteroatoms. The molecule has 2 aliphatic rings. The molecule has 0 fully saturated rings. The first kappa shape index (κ1) is 12.2. The Balaban J connectivity index is 2.21. The van der Waals surface area contributed by atoms with E-state index in [0.29, 0.717) is 11.8 Å². The molecule has 3 unspecified atom stereocenters. The SMILES string of the molecule is CC1CC=CNCC(C2=CCCC=C2)C1C=O. The lowest BCUT2D eigenvalue weighted by molar-refractivity contribution is -0.113. The van der Waals surface area contributed by atoms with Gasteiger partial charge in [-0.3, -0.25) is 0 Å². The smallest absolute Gasteiger partial charge is 0.124 e. The summed E-state index contributed by atoms with van der Waals surface area (Å²) in [7, 11) is 0. The van der Waals surface area contributed by atoms with E-state index in [4.69, 9.17) is 0 Å². The van der Waals surface area contributed by atoms with Crippen LogP contribution in [0.2, 0.25) is 0 Å². The van der Waals surface area contributed by atoms with Gasteiger partial charge in [0, 0.05) is 18.4 Å². The summed E-state index contributed by atoms with van der Waals surface area (Å²) in [6.45, 7) is 3.04. The third kappa shape index (κ3) is 2.87. The predicted octanol–water partition coefficient (Wildman–Crippen LogP) is 2.84. The minimum Gasteiger partial charge on any atom is -0.391 e. The summed E-state index contributed by atoms with van der Waals surface area (Å²) in [6, 6.07) is 0. The number of hydrogen-bond acceptors (Lipinski definition) is 2. The maximum Gasteiger partial charge on any atom is 0.124 e. The van der Waals surface area contributed by atoms with E-state index >= 15 is 0 Å². The summed E-state index contributed by atoms with van der Waals surface area (Å²) in [5, 5.41) is 3.31. The Morgan fingerprint density at radius 3 is 2.94 bits per heavy atom. The number of allylic oxidation sites excluding steroid dienone is 4. The van der Waals surface area contributed by atoms with Crippen LogP contribution < -0.4 is 5.32 Å². The van der Waals surface area contributed by atoms with Gasteiger partial charge in [0.2, 0.25) is 0 Å². The largest absolute Gasteiger partial charge is 0.391 e. The molecule has 1 aliphatic heterocycles. The number of carbonyl (C=O) groups excluding carboxylic acids is 1. The van der Waals surface area contributed by atoms with Crippen LogP contribution in [0.5, 0.6) is 0 Å². The highest BCUT2D eigenvalue weighted by Gasteiger charge is 2.28. The van der Waals surface area contributed by atoms with Gasteiger partial charge in [-0.1, -0.05) is 31.2 Å². The second-order valence-corrected chi connectivity index (χ2v) is 5.03. The molecule has 0 aromatic heterocycles. The topological polar surface area (TPSA) is 29.1 Å². The van der Waals surface area contributed by atoms with Crippen LogP contribution >= 0.6 is 0 Å². The Hall–Kier alpha value is -1.31. The molecule has 2 rings (SSSR count). The van der Waals surface area contributed by atoms with E-state index in [-0.39, 0.29) is 5.92 Å². The second-order valence-electron chi connectivity index (χ2n) is 5.03. The fourth-order valence-corrected chi connectivity index (χ4v) is 2.73. The lowest BCUT2D eigenvalue weighted by Crippen LogP contribution is -2.33. The predicted molar refractivity (Wildman–Crippen MR) is 70.4 cm³/mol. The van der Waals surface area contributed by atoms with Gasteiger partial charge in [0.25, 0.3) is 0 Å². The monoisotopic (exact) mass is 231 g/mol. The van der Waals surface area contributed by atoms with E-state index in [2.05, 4.69) is 36.5 Å². The van der Waals surface area contributed by atoms with Crippen molar-refractivity contribution in [3.63, 3.8) is 0 Å². The van der Waals surface area contributed by atoms with Gasteiger partial charge in [-0.05, 0) is 37.0 Å². The van der Waals surface area contributed by atoms with E-state index in [9.17, 15) is 4.79 Å². The highest BCUT2D eigenvalue weighted by molar-refractivity contribution is 5.56. The van der Waals surface area contributed by atoms with Crippen LogP contribution in [0.1, 0.15) is 26.2 Å². The Kier molecular flexibility index (Phi) is 4.18. The number of aldehydes is 1. The van der Waals surface area contributed by atoms with E-state index in [1.54, 1.807) is 0 Å². The molecule has 3 atom stereocenters. The van der Waals surface area contributed by atoms with Crippen molar-refractivity contribution in [3.05, 3.63) is 36.1 Å². The summed E-state index contributed by atoms with van der Waals surface area (Å²) in [4.78, 5) is 11.4. The maximum absolute atomic E-state index is 11.4. The van der Waals surface area contributed by atoms with Gasteiger partial charge in [-0.25, -0.2) is 0 Å². The summed E-state index contributed by atoms with van der Waals surface area (Å²) in [5.41, 5.74) is 1.34. The summed E-state index contributed by atoms with van der Waals surface area (Å²) < 4.78 is 0. The first-order chi connectivity index (χ1) is 8.33. The average molecular weight is 231 g/mol. The molecule has 0 bridgehead atoms. The van der Waals surface area contributed by atoms with Gasteiger partial charge >= 0.3 is 0 Å². The Bertz CT molecular complexity index is 354. The van der Waals surface area contributed by atoms with E-state index in [1.807, 2.05) is 6.20 Å². The third-order valence-electron chi connectivity index (χ3n) is 3.81. The van der Waals surface area contributed by atoms with Gasteiger partial charge in [0.1, 0.15) is 6.29 Å². The molecular weight excluding hydrogens is 210 g/mol. The molecular formula is C15H21NO. The van der Waals surface area contributed by atoms with Crippen molar-refractivity contribution in [2.75, 3.05) is 6.54 Å². The zero-order valence-corrected chi connectivity index (χ0v) is 10.4. The molecule has 0 spiro atoms. The van der Waals surface area contributed by atoms with Gasteiger partial charge < -0.3 is 10.1 Å². The van der Waals surface area contributed by atoms with Crippen molar-refractivity contribution in [1.29, 1.82) is 0 Å². The first-order valence-electron chi connectivity index (χ1n) is 6.53. The minimum absolute atomic E-state index is 0.126. The van der Waals surface area contributed by atoms with Gasteiger partial charge in [0.15, 0.2) is 0 Å². The summed E-state index contributed by atoms with van der Waals surface area (Å²) in [6.07, 6.45) is 15.2. The number of hydrogen-bond donors (Lipinski definition) is 1. The fourth-order valence-electron chi connectivity index (χ4n) is 2.73. The third-order valence-corrected chi connectivity index (χ3v) is 3.81. The Morgan fingerprint density at radius 1 is 1.35 bits per heavy atom. The molecule has 1 aliphatic carbocycles. The molecule has 17 heavy (non-hydrogen) atoms.